The van der Waals surface area contributed by atoms with Gasteiger partial charge < -0.3 is 5.11 Å². The smallest absolute Gasteiger partial charge is 0.0470 e. The molecule has 0 bridgehead atoms. The Hall–Kier alpha value is -1.73. The molecule has 3 heteroatoms. The van der Waals surface area contributed by atoms with Crippen molar-refractivity contribution in [3.63, 3.8) is 0 Å². The fourth-order valence-electron chi connectivity index (χ4n) is 4.75. The first kappa shape index (κ1) is 23.9. The second-order valence-corrected chi connectivity index (χ2v) is 11.1. The standard InChI is InChI=1S/C28H31OP.BrH/c1-21(26-19-23(20-29)28(26,2)3)18-22-12-10-11-17-27(22)30(24-13-6-4-7-14-24)25-15-8-5-9-16-25;/h4-17,23,29H,18-20H2,1-3H3;1H. The van der Waals surface area contributed by atoms with Gasteiger partial charge in [-0.05, 0) is 60.5 Å². The number of hydrogen-bond donors (Lipinski definition) is 1. The molecule has 1 aliphatic rings. The summed E-state index contributed by atoms with van der Waals surface area (Å²) in [6, 6.07) is 30.8. The van der Waals surface area contributed by atoms with E-state index >= 15 is 0 Å². The van der Waals surface area contributed by atoms with E-state index in [1.165, 1.54) is 32.6 Å². The van der Waals surface area contributed by atoms with Gasteiger partial charge in [-0.25, -0.2) is 0 Å². The summed E-state index contributed by atoms with van der Waals surface area (Å²) in [5, 5.41) is 13.9. The van der Waals surface area contributed by atoms with Crippen molar-refractivity contribution in [2.24, 2.45) is 11.3 Å². The fourth-order valence-corrected chi connectivity index (χ4v) is 7.22. The Bertz CT molecular complexity index is 988. The Labute approximate surface area is 198 Å². The van der Waals surface area contributed by atoms with Crippen molar-refractivity contribution in [1.29, 1.82) is 0 Å². The maximum absolute atomic E-state index is 9.66. The number of halogens is 1. The van der Waals surface area contributed by atoms with Gasteiger partial charge in [-0.3, -0.25) is 0 Å². The Balaban J connectivity index is 0.00000272. The van der Waals surface area contributed by atoms with Crippen molar-refractivity contribution in [2.45, 2.75) is 33.6 Å². The van der Waals surface area contributed by atoms with Gasteiger partial charge in [0.2, 0.25) is 0 Å². The van der Waals surface area contributed by atoms with Crippen LogP contribution in [0.1, 0.15) is 32.8 Å². The molecule has 0 heterocycles. The molecule has 0 radical (unpaired) electrons. The highest BCUT2D eigenvalue weighted by atomic mass is 79.9. The van der Waals surface area contributed by atoms with Crippen LogP contribution in [0.4, 0.5) is 0 Å². The minimum atomic E-state index is -0.601. The Morgan fingerprint density at radius 2 is 1.39 bits per heavy atom. The van der Waals surface area contributed by atoms with Crippen molar-refractivity contribution in [3.05, 3.63) is 102 Å². The minimum Gasteiger partial charge on any atom is -0.396 e. The summed E-state index contributed by atoms with van der Waals surface area (Å²) >= 11 is 0. The predicted octanol–water partition coefficient (Wildman–Crippen LogP) is 5.92. The van der Waals surface area contributed by atoms with Crippen molar-refractivity contribution in [1.82, 2.24) is 0 Å². The lowest BCUT2D eigenvalue weighted by molar-refractivity contribution is 0.0830. The van der Waals surface area contributed by atoms with Crippen LogP contribution in [-0.4, -0.2) is 11.7 Å². The summed E-state index contributed by atoms with van der Waals surface area (Å²) in [6.07, 6.45) is 2.01. The summed E-state index contributed by atoms with van der Waals surface area (Å²) in [4.78, 5) is 0. The largest absolute Gasteiger partial charge is 0.396 e. The highest BCUT2D eigenvalue weighted by Gasteiger charge is 2.43. The monoisotopic (exact) mass is 494 g/mol. The number of allylic oxidation sites excluding steroid dienone is 2. The number of benzene rings is 3. The topological polar surface area (TPSA) is 20.2 Å². The Morgan fingerprint density at radius 1 is 0.871 bits per heavy atom. The number of aliphatic hydroxyl groups is 1. The molecule has 1 fully saturated rings. The molecule has 162 valence electrons. The average molecular weight is 495 g/mol. The third-order valence-corrected chi connectivity index (χ3v) is 9.25. The maximum Gasteiger partial charge on any atom is 0.0470 e. The van der Waals surface area contributed by atoms with Crippen LogP contribution in [-0.2, 0) is 6.42 Å². The molecule has 1 aliphatic carbocycles. The van der Waals surface area contributed by atoms with E-state index in [1.807, 2.05) is 0 Å². The summed E-state index contributed by atoms with van der Waals surface area (Å²) in [6.45, 7) is 7.13. The van der Waals surface area contributed by atoms with Crippen LogP contribution in [0.15, 0.2) is 96.1 Å². The van der Waals surface area contributed by atoms with Crippen molar-refractivity contribution in [3.8, 4) is 0 Å². The normalized spacial score (nSPS) is 18.8. The van der Waals surface area contributed by atoms with Crippen LogP contribution >= 0.6 is 24.9 Å². The molecular weight excluding hydrogens is 463 g/mol. The van der Waals surface area contributed by atoms with Gasteiger partial charge in [0.05, 0.1) is 0 Å². The third-order valence-electron chi connectivity index (χ3n) is 6.70. The molecule has 0 spiro atoms. The van der Waals surface area contributed by atoms with Crippen LogP contribution in [0.3, 0.4) is 0 Å². The molecule has 3 aromatic carbocycles. The van der Waals surface area contributed by atoms with Crippen molar-refractivity contribution >= 4 is 40.8 Å². The van der Waals surface area contributed by atoms with Crippen LogP contribution in [0, 0.1) is 11.3 Å². The zero-order chi connectivity index (χ0) is 21.1. The van der Waals surface area contributed by atoms with Gasteiger partial charge in [0.15, 0.2) is 0 Å². The van der Waals surface area contributed by atoms with E-state index in [2.05, 4.69) is 106 Å². The zero-order valence-corrected chi connectivity index (χ0v) is 21.2. The molecule has 0 aliphatic heterocycles. The number of aliphatic hydroxyl groups excluding tert-OH is 1. The summed E-state index contributed by atoms with van der Waals surface area (Å²) in [5.74, 6) is 0.392. The molecule has 1 saturated carbocycles. The minimum absolute atomic E-state index is 0. The molecule has 0 amide bonds. The maximum atomic E-state index is 9.66. The quantitative estimate of drug-likeness (QED) is 0.333. The second kappa shape index (κ2) is 10.3. The zero-order valence-electron chi connectivity index (χ0n) is 18.6. The molecule has 1 atom stereocenters. The molecule has 0 aromatic heterocycles. The van der Waals surface area contributed by atoms with Crippen LogP contribution in [0.25, 0.3) is 0 Å². The fraction of sp³-hybridized carbons (Fsp3) is 0.286. The van der Waals surface area contributed by atoms with Crippen LogP contribution < -0.4 is 15.9 Å². The van der Waals surface area contributed by atoms with E-state index in [-0.39, 0.29) is 29.0 Å². The van der Waals surface area contributed by atoms with Gasteiger partial charge in [-0.1, -0.05) is 110 Å². The SMILES string of the molecule is Br.CC(Cc1ccccc1P(c1ccccc1)c1ccccc1)=C1CC(CO)C1(C)C. The van der Waals surface area contributed by atoms with Gasteiger partial charge in [0.25, 0.3) is 0 Å². The molecule has 4 rings (SSSR count). The molecule has 1 N–H and O–H groups in total. The Morgan fingerprint density at radius 3 is 1.90 bits per heavy atom. The van der Waals surface area contributed by atoms with Gasteiger partial charge in [-0.15, -0.1) is 17.0 Å². The summed E-state index contributed by atoms with van der Waals surface area (Å²) in [5.41, 5.74) is 4.52. The van der Waals surface area contributed by atoms with Crippen molar-refractivity contribution < 1.29 is 5.11 Å². The van der Waals surface area contributed by atoms with Gasteiger partial charge in [0, 0.05) is 6.61 Å². The summed E-state index contributed by atoms with van der Waals surface area (Å²) < 4.78 is 0. The molecule has 0 saturated heterocycles. The van der Waals surface area contributed by atoms with E-state index in [0.29, 0.717) is 5.92 Å². The molecule has 1 nitrogen and oxygen atoms in total. The Kier molecular flexibility index (Phi) is 7.92. The summed E-state index contributed by atoms with van der Waals surface area (Å²) in [7, 11) is -0.601. The van der Waals surface area contributed by atoms with Crippen LogP contribution in [0.5, 0.6) is 0 Å². The third kappa shape index (κ3) is 4.87. The predicted molar refractivity (Wildman–Crippen MR) is 141 cm³/mol. The van der Waals surface area contributed by atoms with Gasteiger partial charge in [-0.2, -0.15) is 0 Å². The molecule has 1 unspecified atom stereocenters. The lowest BCUT2D eigenvalue weighted by atomic mass is 9.57. The van der Waals surface area contributed by atoms with Crippen molar-refractivity contribution in [2.75, 3.05) is 6.61 Å². The molecule has 31 heavy (non-hydrogen) atoms. The van der Waals surface area contributed by atoms with E-state index in [1.54, 1.807) is 0 Å². The first-order valence-corrected chi connectivity index (χ1v) is 12.1. The van der Waals surface area contributed by atoms with Gasteiger partial charge in [0.1, 0.15) is 0 Å². The lowest BCUT2D eigenvalue weighted by Gasteiger charge is -2.48. The first-order chi connectivity index (χ1) is 14.5. The first-order valence-electron chi connectivity index (χ1n) is 10.8. The number of rotatable bonds is 6. The van der Waals surface area contributed by atoms with E-state index in [9.17, 15) is 5.11 Å². The van der Waals surface area contributed by atoms with E-state index in [0.717, 1.165) is 12.8 Å². The van der Waals surface area contributed by atoms with E-state index < -0.39 is 7.92 Å². The highest BCUT2D eigenvalue weighted by Crippen LogP contribution is 2.52. The second-order valence-electron chi connectivity index (χ2n) is 8.88. The lowest BCUT2D eigenvalue weighted by Crippen LogP contribution is -2.41. The molecule has 3 aromatic rings. The average Bonchev–Trinajstić information content (AvgIpc) is 2.76. The van der Waals surface area contributed by atoms with E-state index in [4.69, 9.17) is 0 Å². The van der Waals surface area contributed by atoms with Crippen LogP contribution in [0.2, 0.25) is 0 Å². The van der Waals surface area contributed by atoms with Gasteiger partial charge >= 0.3 is 0 Å². The molecular formula is C28H32BrOP. The number of hydrogen-bond acceptors (Lipinski definition) is 1. The highest BCUT2D eigenvalue weighted by molar-refractivity contribution is 8.93.